The summed E-state index contributed by atoms with van der Waals surface area (Å²) in [5.74, 6) is 0.635. The normalized spacial score (nSPS) is 23.7. The summed E-state index contributed by atoms with van der Waals surface area (Å²) in [6.07, 6.45) is 3.71. The quantitative estimate of drug-likeness (QED) is 0.772. The van der Waals surface area contributed by atoms with Crippen LogP contribution in [0.4, 0.5) is 0 Å². The molecule has 1 amide bonds. The monoisotopic (exact) mass is 272 g/mol. The molecular formula is C14H12N2O2S. The van der Waals surface area contributed by atoms with Gasteiger partial charge in [-0.15, -0.1) is 0 Å². The maximum Gasteiger partial charge on any atom is 0.264 e. The minimum Gasteiger partial charge on any atom is -0.485 e. The number of hydrogen-bond donors (Lipinski definition) is 2. The molecule has 1 unspecified atom stereocenters. The van der Waals surface area contributed by atoms with Gasteiger partial charge in [0.05, 0.1) is 4.91 Å². The smallest absolute Gasteiger partial charge is 0.264 e. The molecule has 2 heterocycles. The van der Waals surface area contributed by atoms with Gasteiger partial charge in [0.1, 0.15) is 11.9 Å². The zero-order valence-electron chi connectivity index (χ0n) is 10.3. The highest BCUT2D eigenvalue weighted by atomic mass is 32.2. The van der Waals surface area contributed by atoms with Crippen LogP contribution in [0.5, 0.6) is 5.75 Å². The van der Waals surface area contributed by atoms with Crippen molar-refractivity contribution in [2.45, 2.75) is 13.0 Å². The van der Waals surface area contributed by atoms with E-state index in [2.05, 4.69) is 5.32 Å². The highest BCUT2D eigenvalue weighted by Crippen LogP contribution is 2.32. The number of carbonyl (C=O) groups is 1. The van der Waals surface area contributed by atoms with Crippen molar-refractivity contribution in [2.75, 3.05) is 0 Å². The third-order valence-electron chi connectivity index (χ3n) is 2.97. The molecule has 3 rings (SSSR count). The molecule has 19 heavy (non-hydrogen) atoms. The summed E-state index contributed by atoms with van der Waals surface area (Å²) in [6.45, 7) is 1.95. The summed E-state index contributed by atoms with van der Waals surface area (Å²) in [7, 11) is 0. The Morgan fingerprint density at radius 3 is 2.95 bits per heavy atom. The summed E-state index contributed by atoms with van der Waals surface area (Å²) in [5.41, 5.74) is 1.94. The lowest BCUT2D eigenvalue weighted by atomic mass is 10.0. The third kappa shape index (κ3) is 2.29. The number of amidine groups is 1. The number of carbonyl (C=O) groups excluding carboxylic acids is 1. The SMILES string of the molecule is CC1Oc2ccccc2C=C1/C=C1\SC(=N)NC1=O. The number of amides is 1. The van der Waals surface area contributed by atoms with Crippen molar-refractivity contribution in [1.29, 1.82) is 5.41 Å². The maximum atomic E-state index is 11.6. The van der Waals surface area contributed by atoms with Crippen LogP contribution in [0.2, 0.25) is 0 Å². The Hall–Kier alpha value is -2.01. The molecule has 0 bridgehead atoms. The van der Waals surface area contributed by atoms with Crippen molar-refractivity contribution < 1.29 is 9.53 Å². The van der Waals surface area contributed by atoms with Crippen molar-refractivity contribution >= 4 is 28.9 Å². The third-order valence-corrected chi connectivity index (χ3v) is 3.80. The van der Waals surface area contributed by atoms with Crippen LogP contribution in [-0.4, -0.2) is 17.2 Å². The lowest BCUT2D eigenvalue weighted by Crippen LogP contribution is -2.20. The molecule has 1 atom stereocenters. The summed E-state index contributed by atoms with van der Waals surface area (Å²) >= 11 is 1.14. The van der Waals surface area contributed by atoms with Crippen LogP contribution in [0.1, 0.15) is 12.5 Å². The Kier molecular flexibility index (Phi) is 2.91. The van der Waals surface area contributed by atoms with E-state index in [1.807, 2.05) is 37.3 Å². The Labute approximate surface area is 115 Å². The van der Waals surface area contributed by atoms with E-state index in [0.717, 1.165) is 28.6 Å². The second-order valence-electron chi connectivity index (χ2n) is 4.34. The van der Waals surface area contributed by atoms with Crippen molar-refractivity contribution in [3.05, 3.63) is 46.4 Å². The largest absolute Gasteiger partial charge is 0.485 e. The van der Waals surface area contributed by atoms with E-state index in [-0.39, 0.29) is 17.2 Å². The number of thioether (sulfide) groups is 1. The van der Waals surface area contributed by atoms with Crippen LogP contribution in [0.25, 0.3) is 6.08 Å². The molecule has 0 aromatic heterocycles. The first-order chi connectivity index (χ1) is 9.13. The minimum atomic E-state index is -0.220. The molecule has 1 aromatic rings. The first-order valence-corrected chi connectivity index (χ1v) is 6.72. The molecule has 1 aromatic carbocycles. The van der Waals surface area contributed by atoms with Crippen LogP contribution in [-0.2, 0) is 4.79 Å². The van der Waals surface area contributed by atoms with Crippen LogP contribution in [0.3, 0.4) is 0 Å². The molecule has 0 spiro atoms. The summed E-state index contributed by atoms with van der Waals surface area (Å²) in [6, 6.07) is 7.79. The predicted octanol–water partition coefficient (Wildman–Crippen LogP) is 2.53. The van der Waals surface area contributed by atoms with Crippen LogP contribution in [0.15, 0.2) is 40.8 Å². The number of fused-ring (bicyclic) bond motifs is 1. The van der Waals surface area contributed by atoms with Gasteiger partial charge in [-0.25, -0.2) is 0 Å². The summed E-state index contributed by atoms with van der Waals surface area (Å²) in [5, 5.41) is 10.1. The second kappa shape index (κ2) is 4.59. The van der Waals surface area contributed by atoms with E-state index in [1.165, 1.54) is 0 Å². The fraction of sp³-hybridized carbons (Fsp3) is 0.143. The zero-order chi connectivity index (χ0) is 13.4. The lowest BCUT2D eigenvalue weighted by molar-refractivity contribution is -0.115. The van der Waals surface area contributed by atoms with Gasteiger partial charge in [0.15, 0.2) is 5.17 Å². The Morgan fingerprint density at radius 2 is 2.21 bits per heavy atom. The molecule has 2 aliphatic heterocycles. The Balaban J connectivity index is 1.97. The number of benzene rings is 1. The molecule has 4 nitrogen and oxygen atoms in total. The van der Waals surface area contributed by atoms with Gasteiger partial charge in [-0.3, -0.25) is 10.2 Å². The van der Waals surface area contributed by atoms with Gasteiger partial charge in [-0.1, -0.05) is 18.2 Å². The van der Waals surface area contributed by atoms with Gasteiger partial charge in [0.25, 0.3) is 5.91 Å². The standard InChI is InChI=1S/C14H12N2O2S/c1-8-10(7-12-13(17)16-14(15)19-12)6-9-4-2-3-5-11(9)18-8/h2-8H,1H3,(H2,15,16,17)/b12-7-. The van der Waals surface area contributed by atoms with Crippen molar-refractivity contribution in [1.82, 2.24) is 5.32 Å². The van der Waals surface area contributed by atoms with Crippen LogP contribution in [0, 0.1) is 5.41 Å². The number of nitrogens with one attached hydrogen (secondary N) is 2. The minimum absolute atomic E-state index is 0.106. The molecule has 2 aliphatic rings. The maximum absolute atomic E-state index is 11.6. The van der Waals surface area contributed by atoms with E-state index >= 15 is 0 Å². The zero-order valence-corrected chi connectivity index (χ0v) is 11.1. The molecule has 0 aliphatic carbocycles. The van der Waals surface area contributed by atoms with E-state index in [0.29, 0.717) is 4.91 Å². The second-order valence-corrected chi connectivity index (χ2v) is 5.39. The molecule has 96 valence electrons. The molecule has 2 N–H and O–H groups in total. The average molecular weight is 272 g/mol. The highest BCUT2D eigenvalue weighted by Gasteiger charge is 2.25. The lowest BCUT2D eigenvalue weighted by Gasteiger charge is -2.22. The molecule has 5 heteroatoms. The molecular weight excluding hydrogens is 260 g/mol. The van der Waals surface area contributed by atoms with Gasteiger partial charge >= 0.3 is 0 Å². The number of para-hydroxylation sites is 1. The van der Waals surface area contributed by atoms with E-state index in [1.54, 1.807) is 6.08 Å². The fourth-order valence-electron chi connectivity index (χ4n) is 2.01. The molecule has 1 fully saturated rings. The van der Waals surface area contributed by atoms with Gasteiger partial charge < -0.3 is 10.1 Å². The number of hydrogen-bond acceptors (Lipinski definition) is 4. The van der Waals surface area contributed by atoms with Gasteiger partial charge in [0.2, 0.25) is 0 Å². The van der Waals surface area contributed by atoms with Crippen LogP contribution >= 0.6 is 11.8 Å². The fourth-order valence-corrected chi connectivity index (χ4v) is 2.72. The van der Waals surface area contributed by atoms with Gasteiger partial charge in [-0.2, -0.15) is 0 Å². The highest BCUT2D eigenvalue weighted by molar-refractivity contribution is 8.18. The van der Waals surface area contributed by atoms with Gasteiger partial charge in [-0.05, 0) is 42.5 Å². The molecule has 0 saturated carbocycles. The van der Waals surface area contributed by atoms with Crippen molar-refractivity contribution in [3.63, 3.8) is 0 Å². The van der Waals surface area contributed by atoms with Crippen molar-refractivity contribution in [2.24, 2.45) is 0 Å². The first kappa shape index (κ1) is 12.0. The molecule has 1 saturated heterocycles. The Bertz CT molecular complexity index is 634. The predicted molar refractivity (Wildman–Crippen MR) is 76.1 cm³/mol. The first-order valence-electron chi connectivity index (χ1n) is 5.90. The summed E-state index contributed by atoms with van der Waals surface area (Å²) < 4.78 is 5.81. The summed E-state index contributed by atoms with van der Waals surface area (Å²) in [4.78, 5) is 12.1. The van der Waals surface area contributed by atoms with Gasteiger partial charge in [0, 0.05) is 5.56 Å². The van der Waals surface area contributed by atoms with E-state index < -0.39 is 0 Å². The number of rotatable bonds is 1. The van der Waals surface area contributed by atoms with E-state index in [9.17, 15) is 4.79 Å². The average Bonchev–Trinajstić information content (AvgIpc) is 2.69. The Morgan fingerprint density at radius 1 is 1.42 bits per heavy atom. The molecule has 0 radical (unpaired) electrons. The topological polar surface area (TPSA) is 62.2 Å². The van der Waals surface area contributed by atoms with Crippen molar-refractivity contribution in [3.8, 4) is 5.75 Å². The number of ether oxygens (including phenoxy) is 1. The van der Waals surface area contributed by atoms with E-state index in [4.69, 9.17) is 10.1 Å². The van der Waals surface area contributed by atoms with Crippen LogP contribution < -0.4 is 10.1 Å².